The molecule has 2 heterocycles. The molecule has 3 heteroatoms. The van der Waals surface area contributed by atoms with Crippen LogP contribution in [0.25, 0.3) is 0 Å². The van der Waals surface area contributed by atoms with Crippen molar-refractivity contribution in [1.82, 2.24) is 4.98 Å². The lowest BCUT2D eigenvalue weighted by Crippen LogP contribution is -2.26. The van der Waals surface area contributed by atoms with Gasteiger partial charge in [0, 0.05) is 24.8 Å². The molecule has 1 aliphatic rings. The fourth-order valence-electron chi connectivity index (χ4n) is 1.83. The molecule has 0 aliphatic carbocycles. The number of nitrogens with two attached hydrogens (primary N) is 1. The van der Waals surface area contributed by atoms with E-state index in [0.29, 0.717) is 6.04 Å². The van der Waals surface area contributed by atoms with Gasteiger partial charge < -0.3 is 10.6 Å². The first-order valence-electron chi connectivity index (χ1n) is 6.25. The van der Waals surface area contributed by atoms with Crippen molar-refractivity contribution in [2.24, 2.45) is 5.73 Å². The van der Waals surface area contributed by atoms with E-state index < -0.39 is 0 Å². The zero-order chi connectivity index (χ0) is 12.0. The van der Waals surface area contributed by atoms with Crippen LogP contribution in [0.1, 0.15) is 32.9 Å². The number of nitrogens with zero attached hydrogens (tertiary/aromatic N) is 2. The fourth-order valence-corrected chi connectivity index (χ4v) is 1.83. The minimum atomic E-state index is 0.334. The van der Waals surface area contributed by atoms with Gasteiger partial charge in [-0.1, -0.05) is 20.8 Å². The molecule has 2 N–H and O–H groups in total. The van der Waals surface area contributed by atoms with Gasteiger partial charge in [-0.05, 0) is 25.0 Å². The van der Waals surface area contributed by atoms with Gasteiger partial charge in [0.2, 0.25) is 0 Å². The van der Waals surface area contributed by atoms with Crippen LogP contribution in [0.5, 0.6) is 0 Å². The molecule has 0 amide bonds. The van der Waals surface area contributed by atoms with Crippen LogP contribution in [0, 0.1) is 0 Å². The van der Waals surface area contributed by atoms with E-state index in [1.165, 1.54) is 5.69 Å². The molecule has 0 saturated carbocycles. The van der Waals surface area contributed by atoms with Gasteiger partial charge in [-0.2, -0.15) is 0 Å². The van der Waals surface area contributed by atoms with Crippen LogP contribution in [0.2, 0.25) is 0 Å². The third kappa shape index (κ3) is 3.20. The molecule has 0 radical (unpaired) electrons. The molecule has 0 aromatic carbocycles. The summed E-state index contributed by atoms with van der Waals surface area (Å²) in [6.45, 7) is 8.15. The van der Waals surface area contributed by atoms with Gasteiger partial charge in [0.1, 0.15) is 0 Å². The van der Waals surface area contributed by atoms with E-state index in [-0.39, 0.29) is 0 Å². The first kappa shape index (κ1) is 13.0. The summed E-state index contributed by atoms with van der Waals surface area (Å²) < 4.78 is 0. The number of hydrogen-bond acceptors (Lipinski definition) is 3. The van der Waals surface area contributed by atoms with Crippen molar-refractivity contribution in [3.63, 3.8) is 0 Å². The highest BCUT2D eigenvalue weighted by atomic mass is 15.2. The highest BCUT2D eigenvalue weighted by Crippen LogP contribution is 2.18. The average Bonchev–Trinajstić information content (AvgIpc) is 2.79. The average molecular weight is 221 g/mol. The highest BCUT2D eigenvalue weighted by molar-refractivity contribution is 5.45. The van der Waals surface area contributed by atoms with Gasteiger partial charge >= 0.3 is 0 Å². The van der Waals surface area contributed by atoms with E-state index in [1.54, 1.807) is 0 Å². The van der Waals surface area contributed by atoms with Gasteiger partial charge in [0.25, 0.3) is 0 Å². The molecule has 16 heavy (non-hydrogen) atoms. The maximum absolute atomic E-state index is 5.86. The summed E-state index contributed by atoms with van der Waals surface area (Å²) in [5.41, 5.74) is 8.21. The monoisotopic (exact) mass is 221 g/mol. The van der Waals surface area contributed by atoms with E-state index in [4.69, 9.17) is 5.73 Å². The minimum absolute atomic E-state index is 0.334. The van der Waals surface area contributed by atoms with Crippen molar-refractivity contribution in [2.75, 3.05) is 18.0 Å². The molecule has 1 atom stereocenters. The molecule has 1 aromatic heterocycles. The summed E-state index contributed by atoms with van der Waals surface area (Å²) in [6.07, 6.45) is 4.05. The quantitative estimate of drug-likeness (QED) is 0.832. The lowest BCUT2D eigenvalue weighted by Gasteiger charge is -2.17. The Kier molecular flexibility index (Phi) is 5.26. The van der Waals surface area contributed by atoms with Crippen molar-refractivity contribution in [3.05, 3.63) is 24.0 Å². The number of rotatable bonds is 2. The summed E-state index contributed by atoms with van der Waals surface area (Å²) in [5, 5.41) is 0. The van der Waals surface area contributed by atoms with E-state index in [9.17, 15) is 0 Å². The van der Waals surface area contributed by atoms with Gasteiger partial charge in [0.05, 0.1) is 11.9 Å². The van der Waals surface area contributed by atoms with Crippen LogP contribution < -0.4 is 10.6 Å². The van der Waals surface area contributed by atoms with Crippen molar-refractivity contribution in [1.29, 1.82) is 0 Å². The van der Waals surface area contributed by atoms with Gasteiger partial charge in [-0.3, -0.25) is 4.98 Å². The molecule has 1 aromatic rings. The molecule has 0 spiro atoms. The van der Waals surface area contributed by atoms with Gasteiger partial charge in [-0.15, -0.1) is 0 Å². The Morgan fingerprint density at radius 1 is 1.44 bits per heavy atom. The first-order valence-corrected chi connectivity index (χ1v) is 6.25. The van der Waals surface area contributed by atoms with Gasteiger partial charge in [-0.25, -0.2) is 0 Å². The SMILES string of the molecule is CC.CCc1ccc(N2CCC(N)C2)cn1. The van der Waals surface area contributed by atoms with Crippen LogP contribution in [-0.2, 0) is 6.42 Å². The first-order chi connectivity index (χ1) is 7.79. The molecule has 2 rings (SSSR count). The zero-order valence-electron chi connectivity index (χ0n) is 10.6. The molecular weight excluding hydrogens is 198 g/mol. The lowest BCUT2D eigenvalue weighted by molar-refractivity contribution is 0.752. The van der Waals surface area contributed by atoms with E-state index in [1.807, 2.05) is 20.0 Å². The molecular formula is C13H23N3. The fraction of sp³-hybridized carbons (Fsp3) is 0.615. The summed E-state index contributed by atoms with van der Waals surface area (Å²) in [4.78, 5) is 6.69. The topological polar surface area (TPSA) is 42.1 Å². The molecule has 1 aliphatic heterocycles. The Bertz CT molecular complexity index is 295. The number of hydrogen-bond donors (Lipinski definition) is 1. The smallest absolute Gasteiger partial charge is 0.0553 e. The Hall–Kier alpha value is -1.09. The molecule has 1 saturated heterocycles. The lowest BCUT2D eigenvalue weighted by atomic mass is 10.3. The second-order valence-corrected chi connectivity index (χ2v) is 3.86. The van der Waals surface area contributed by atoms with Crippen LogP contribution in [0.4, 0.5) is 5.69 Å². The minimum Gasteiger partial charge on any atom is -0.369 e. The number of anilines is 1. The summed E-state index contributed by atoms with van der Waals surface area (Å²) in [7, 11) is 0. The number of aryl methyl sites for hydroxylation is 1. The Labute approximate surface area is 98.7 Å². The molecule has 1 unspecified atom stereocenters. The zero-order valence-corrected chi connectivity index (χ0v) is 10.6. The summed E-state index contributed by atoms with van der Waals surface area (Å²) in [5.74, 6) is 0. The van der Waals surface area contributed by atoms with Crippen molar-refractivity contribution < 1.29 is 0 Å². The third-order valence-electron chi connectivity index (χ3n) is 2.76. The van der Waals surface area contributed by atoms with Crippen molar-refractivity contribution in [2.45, 2.75) is 39.7 Å². The third-order valence-corrected chi connectivity index (χ3v) is 2.76. The highest BCUT2D eigenvalue weighted by Gasteiger charge is 2.19. The second kappa shape index (κ2) is 6.48. The van der Waals surface area contributed by atoms with Crippen molar-refractivity contribution in [3.8, 4) is 0 Å². The molecule has 3 nitrogen and oxygen atoms in total. The number of pyridine rings is 1. The Balaban J connectivity index is 0.000000606. The van der Waals surface area contributed by atoms with Crippen molar-refractivity contribution >= 4 is 5.69 Å². The summed E-state index contributed by atoms with van der Waals surface area (Å²) >= 11 is 0. The standard InChI is InChI=1S/C11H17N3.C2H6/c1-2-10-3-4-11(7-13-10)14-6-5-9(12)8-14;1-2/h3-4,7,9H,2,5-6,8,12H2,1H3;1-2H3. The maximum Gasteiger partial charge on any atom is 0.0553 e. The molecule has 1 fully saturated rings. The van der Waals surface area contributed by atoms with Crippen LogP contribution >= 0.6 is 0 Å². The van der Waals surface area contributed by atoms with Crippen LogP contribution in [0.15, 0.2) is 18.3 Å². The largest absolute Gasteiger partial charge is 0.369 e. The molecule has 90 valence electrons. The van der Waals surface area contributed by atoms with E-state index in [2.05, 4.69) is 28.9 Å². The predicted molar refractivity (Wildman–Crippen MR) is 69.8 cm³/mol. The molecule has 0 bridgehead atoms. The van der Waals surface area contributed by atoms with E-state index >= 15 is 0 Å². The van der Waals surface area contributed by atoms with Crippen LogP contribution in [-0.4, -0.2) is 24.1 Å². The van der Waals surface area contributed by atoms with Gasteiger partial charge in [0.15, 0.2) is 0 Å². The second-order valence-electron chi connectivity index (χ2n) is 3.86. The predicted octanol–water partition coefficient (Wildman–Crippen LogP) is 2.21. The summed E-state index contributed by atoms with van der Waals surface area (Å²) in [6, 6.07) is 4.57. The normalized spacial score (nSPS) is 19.2. The van der Waals surface area contributed by atoms with E-state index in [0.717, 1.165) is 31.6 Å². The Morgan fingerprint density at radius 2 is 2.19 bits per heavy atom. The van der Waals surface area contributed by atoms with Crippen LogP contribution in [0.3, 0.4) is 0 Å². The Morgan fingerprint density at radius 3 is 2.62 bits per heavy atom. The number of aromatic nitrogens is 1. The maximum atomic E-state index is 5.86.